The lowest BCUT2D eigenvalue weighted by Gasteiger charge is -2.06. The second-order valence-electron chi connectivity index (χ2n) is 13.7. The van der Waals surface area contributed by atoms with Crippen molar-refractivity contribution < 1.29 is 4.57 Å². The Kier molecular flexibility index (Phi) is 29.5. The number of aromatic nitrogens is 2. The lowest BCUT2D eigenvalue weighted by molar-refractivity contribution is -0.704. The summed E-state index contributed by atoms with van der Waals surface area (Å²) in [5.74, 6) is 1.58. The van der Waals surface area contributed by atoms with Crippen LogP contribution >= 0.6 is 0 Å². The minimum atomic E-state index is 1.11. The molecule has 2 nitrogen and oxygen atoms in total. The first-order chi connectivity index (χ1) is 20.8. The number of unbranched alkanes of at least 4 members (excludes halogenated alkanes) is 29. The third-order valence-corrected chi connectivity index (χ3v) is 9.69. The zero-order valence-electron chi connectivity index (χ0n) is 29.6. The Hall–Kier alpha value is -0.790. The summed E-state index contributed by atoms with van der Waals surface area (Å²) in [5.41, 5.74) is 0. The van der Waals surface area contributed by atoms with E-state index in [-0.39, 0.29) is 0 Å². The smallest absolute Gasteiger partial charge is 0.235 e. The minimum Gasteiger partial charge on any atom is -0.235 e. The van der Waals surface area contributed by atoms with E-state index in [1.54, 1.807) is 5.82 Å². The fraction of sp³-hybridized carbons (Fsp3) is 0.925. The van der Waals surface area contributed by atoms with Crippen molar-refractivity contribution >= 4 is 0 Å². The highest BCUT2D eigenvalue weighted by molar-refractivity contribution is 4.84. The summed E-state index contributed by atoms with van der Waals surface area (Å²) in [6.45, 7) is 9.25. The normalized spacial score (nSPS) is 11.6. The maximum atomic E-state index is 2.58. The fourth-order valence-corrected chi connectivity index (χ4v) is 6.76. The summed E-state index contributed by atoms with van der Waals surface area (Å²) in [4.78, 5) is 0. The molecule has 0 N–H and O–H groups in total. The minimum absolute atomic E-state index is 1.11. The molecule has 2 heteroatoms. The van der Waals surface area contributed by atoms with Gasteiger partial charge in [-0.15, -0.1) is 0 Å². The second-order valence-corrected chi connectivity index (χ2v) is 13.7. The van der Waals surface area contributed by atoms with E-state index in [4.69, 9.17) is 0 Å². The lowest BCUT2D eigenvalue weighted by atomic mass is 10.0. The van der Waals surface area contributed by atoms with Crippen LogP contribution < -0.4 is 4.57 Å². The molecule has 1 heterocycles. The van der Waals surface area contributed by atoms with Crippen LogP contribution in [0.1, 0.15) is 226 Å². The summed E-state index contributed by atoms with van der Waals surface area (Å²) >= 11 is 0. The molecule has 0 bridgehead atoms. The lowest BCUT2D eigenvalue weighted by Crippen LogP contribution is -2.37. The fourth-order valence-electron chi connectivity index (χ4n) is 6.76. The maximum Gasteiger partial charge on any atom is 0.256 e. The molecule has 1 aromatic rings. The van der Waals surface area contributed by atoms with Crippen LogP contribution in [-0.2, 0) is 19.5 Å². The Morgan fingerprint density at radius 2 is 0.714 bits per heavy atom. The monoisotopic (exact) mass is 588 g/mol. The Morgan fingerprint density at radius 3 is 1.05 bits per heavy atom. The van der Waals surface area contributed by atoms with Gasteiger partial charge in [-0.1, -0.05) is 194 Å². The van der Waals surface area contributed by atoms with Gasteiger partial charge in [0, 0.05) is 6.42 Å². The maximum absolute atomic E-state index is 2.58. The van der Waals surface area contributed by atoms with Gasteiger partial charge < -0.3 is 0 Å². The number of aryl methyl sites for hydroxylation is 2. The van der Waals surface area contributed by atoms with Gasteiger partial charge in [-0.05, 0) is 26.2 Å². The molecule has 0 saturated heterocycles. The molecule has 0 amide bonds. The highest BCUT2D eigenvalue weighted by Crippen LogP contribution is 2.16. The zero-order valence-corrected chi connectivity index (χ0v) is 29.6. The van der Waals surface area contributed by atoms with Crippen LogP contribution in [0, 0.1) is 0 Å². The average Bonchev–Trinajstić information content (AvgIpc) is 3.40. The van der Waals surface area contributed by atoms with E-state index in [0.29, 0.717) is 0 Å². The van der Waals surface area contributed by atoms with E-state index in [2.05, 4.69) is 42.3 Å². The van der Waals surface area contributed by atoms with Crippen LogP contribution in [-0.4, -0.2) is 4.57 Å². The van der Waals surface area contributed by atoms with E-state index < -0.39 is 0 Å². The SMILES string of the molecule is CCCCCCCCCCCCCCCCCCc1n(CC)cc[n+]1CCCCCCCCCCCCCCCCC. The summed E-state index contributed by atoms with van der Waals surface area (Å²) in [6.07, 6.45) is 50.8. The molecule has 0 saturated carbocycles. The number of hydrogen-bond donors (Lipinski definition) is 0. The molecule has 0 aromatic carbocycles. The molecule has 0 fully saturated rings. The average molecular weight is 588 g/mol. The predicted molar refractivity (Wildman–Crippen MR) is 188 cm³/mol. The van der Waals surface area contributed by atoms with Gasteiger partial charge in [-0.3, -0.25) is 0 Å². The number of nitrogens with zero attached hydrogens (tertiary/aromatic N) is 2. The van der Waals surface area contributed by atoms with Gasteiger partial charge in [0.1, 0.15) is 12.4 Å². The second kappa shape index (κ2) is 31.6. The summed E-state index contributed by atoms with van der Waals surface area (Å²) in [5, 5.41) is 0. The Balaban J connectivity index is 1.95. The van der Waals surface area contributed by atoms with E-state index >= 15 is 0 Å². The quantitative estimate of drug-likeness (QED) is 0.0560. The van der Waals surface area contributed by atoms with Crippen molar-refractivity contribution in [3.63, 3.8) is 0 Å². The first-order valence-electron chi connectivity index (χ1n) is 19.9. The number of hydrogen-bond acceptors (Lipinski definition) is 0. The molecular formula is C40H79N2+. The van der Waals surface area contributed by atoms with Crippen LogP contribution in [0.25, 0.3) is 0 Å². The van der Waals surface area contributed by atoms with Crippen molar-refractivity contribution in [3.8, 4) is 0 Å². The van der Waals surface area contributed by atoms with Gasteiger partial charge in [-0.25, -0.2) is 9.13 Å². The molecule has 1 aromatic heterocycles. The Bertz CT molecular complexity index is 648. The largest absolute Gasteiger partial charge is 0.256 e. The topological polar surface area (TPSA) is 8.81 Å². The first-order valence-corrected chi connectivity index (χ1v) is 19.9. The molecular weight excluding hydrogens is 508 g/mol. The van der Waals surface area contributed by atoms with E-state index in [9.17, 15) is 0 Å². The highest BCUT2D eigenvalue weighted by atomic mass is 15.1. The molecule has 248 valence electrons. The van der Waals surface area contributed by atoms with Crippen LogP contribution in [0.2, 0.25) is 0 Å². The van der Waals surface area contributed by atoms with Crippen LogP contribution in [0.4, 0.5) is 0 Å². The van der Waals surface area contributed by atoms with Gasteiger partial charge in [0.05, 0.1) is 13.1 Å². The third kappa shape index (κ3) is 23.6. The van der Waals surface area contributed by atoms with Crippen LogP contribution in [0.15, 0.2) is 12.4 Å². The molecule has 0 aliphatic rings. The van der Waals surface area contributed by atoms with Crippen molar-refractivity contribution in [3.05, 3.63) is 18.2 Å². The molecule has 1 rings (SSSR count). The summed E-state index contributed by atoms with van der Waals surface area (Å²) in [6, 6.07) is 0. The Labute approximate surface area is 266 Å². The summed E-state index contributed by atoms with van der Waals surface area (Å²) in [7, 11) is 0. The van der Waals surface area contributed by atoms with Crippen molar-refractivity contribution in [1.82, 2.24) is 4.57 Å². The molecule has 0 atom stereocenters. The zero-order chi connectivity index (χ0) is 30.2. The first kappa shape index (κ1) is 39.2. The van der Waals surface area contributed by atoms with Crippen molar-refractivity contribution in [1.29, 1.82) is 0 Å². The van der Waals surface area contributed by atoms with Gasteiger partial charge in [0.25, 0.3) is 5.82 Å². The highest BCUT2D eigenvalue weighted by Gasteiger charge is 2.15. The van der Waals surface area contributed by atoms with E-state index in [0.717, 1.165) is 6.54 Å². The molecule has 0 radical (unpaired) electrons. The molecule has 0 aliphatic heterocycles. The van der Waals surface area contributed by atoms with Crippen LogP contribution in [0.3, 0.4) is 0 Å². The number of rotatable bonds is 34. The van der Waals surface area contributed by atoms with Gasteiger partial charge >= 0.3 is 0 Å². The summed E-state index contributed by atoms with van der Waals surface area (Å²) < 4.78 is 5.08. The van der Waals surface area contributed by atoms with Crippen molar-refractivity contribution in [2.45, 2.75) is 239 Å². The predicted octanol–water partition coefficient (Wildman–Crippen LogP) is 13.5. The van der Waals surface area contributed by atoms with Crippen molar-refractivity contribution in [2.24, 2.45) is 0 Å². The van der Waals surface area contributed by atoms with Crippen molar-refractivity contribution in [2.75, 3.05) is 0 Å². The number of imidazole rings is 1. The molecule has 0 spiro atoms. The van der Waals surface area contributed by atoms with Crippen LogP contribution in [0.5, 0.6) is 0 Å². The standard InChI is InChI=1S/C40H79N2/c1-4-7-9-11-13-15-17-19-21-22-24-26-28-30-32-34-36-40-41(6-3)38-39-42(40)37-35-33-31-29-27-25-23-20-18-16-14-12-10-8-5-2/h38-39H,4-37H2,1-3H3/q+1. The van der Waals surface area contributed by atoms with Gasteiger partial charge in [0.15, 0.2) is 0 Å². The molecule has 42 heavy (non-hydrogen) atoms. The van der Waals surface area contributed by atoms with E-state index in [1.165, 1.54) is 212 Å². The Morgan fingerprint density at radius 1 is 0.405 bits per heavy atom. The van der Waals surface area contributed by atoms with Gasteiger partial charge in [0.2, 0.25) is 0 Å². The molecule has 0 aliphatic carbocycles. The molecule has 0 unspecified atom stereocenters. The van der Waals surface area contributed by atoms with Gasteiger partial charge in [-0.2, -0.15) is 0 Å². The third-order valence-electron chi connectivity index (χ3n) is 9.69. The van der Waals surface area contributed by atoms with E-state index in [1.807, 2.05) is 0 Å².